The van der Waals surface area contributed by atoms with Gasteiger partial charge in [0, 0.05) is 19.6 Å². The van der Waals surface area contributed by atoms with Gasteiger partial charge in [0.1, 0.15) is 18.5 Å². The molecule has 1 aliphatic heterocycles. The van der Waals surface area contributed by atoms with Gasteiger partial charge in [-0.15, -0.1) is 0 Å². The predicted molar refractivity (Wildman–Crippen MR) is 101 cm³/mol. The van der Waals surface area contributed by atoms with Crippen molar-refractivity contribution >= 4 is 0 Å². The van der Waals surface area contributed by atoms with Crippen molar-refractivity contribution < 1.29 is 19.3 Å². The normalized spacial score (nSPS) is 15.2. The molecule has 2 aromatic rings. The third kappa shape index (κ3) is 4.48. The highest BCUT2D eigenvalue weighted by Gasteiger charge is 2.21. The second kappa shape index (κ2) is 8.43. The van der Waals surface area contributed by atoms with E-state index >= 15 is 0 Å². The predicted octanol–water partition coefficient (Wildman–Crippen LogP) is 2.81. The topological polar surface area (TPSA) is 51.2 Å². The Hall–Kier alpha value is -2.24. The van der Waals surface area contributed by atoms with Gasteiger partial charge in [0.05, 0.1) is 14.2 Å². The van der Waals surface area contributed by atoms with Crippen LogP contribution in [0.25, 0.3) is 0 Å². The molecule has 0 aromatic heterocycles. The molecule has 1 atom stereocenters. The standard InChI is InChI=1S/C21H27NO4/c1-15-5-4-6-19(9-15)26-14-18(23)13-22-8-7-16-10-20(24-2)21(25-3)11-17(16)12-22/h4-6,9-11,18,23H,7-8,12-14H2,1-3H3. The number of benzene rings is 2. The Labute approximate surface area is 155 Å². The molecule has 0 radical (unpaired) electrons. The summed E-state index contributed by atoms with van der Waals surface area (Å²) >= 11 is 0. The second-order valence-electron chi connectivity index (χ2n) is 6.74. The van der Waals surface area contributed by atoms with E-state index in [1.165, 1.54) is 11.1 Å². The first-order chi connectivity index (χ1) is 12.6. The number of aryl methyl sites for hydroxylation is 1. The Morgan fingerprint density at radius 2 is 1.81 bits per heavy atom. The van der Waals surface area contributed by atoms with Gasteiger partial charge >= 0.3 is 0 Å². The highest BCUT2D eigenvalue weighted by atomic mass is 16.5. The van der Waals surface area contributed by atoms with Gasteiger partial charge in [0.2, 0.25) is 0 Å². The maximum atomic E-state index is 10.4. The van der Waals surface area contributed by atoms with Crippen molar-refractivity contribution in [3.63, 3.8) is 0 Å². The minimum Gasteiger partial charge on any atom is -0.493 e. The van der Waals surface area contributed by atoms with Gasteiger partial charge in [-0.1, -0.05) is 12.1 Å². The lowest BCUT2D eigenvalue weighted by Gasteiger charge is -2.31. The fourth-order valence-corrected chi connectivity index (χ4v) is 3.35. The fourth-order valence-electron chi connectivity index (χ4n) is 3.35. The average molecular weight is 357 g/mol. The summed E-state index contributed by atoms with van der Waals surface area (Å²) in [5.74, 6) is 2.31. The van der Waals surface area contributed by atoms with E-state index in [2.05, 4.69) is 11.0 Å². The first-order valence-corrected chi connectivity index (χ1v) is 8.92. The van der Waals surface area contributed by atoms with Gasteiger partial charge in [-0.2, -0.15) is 0 Å². The van der Waals surface area contributed by atoms with Crippen molar-refractivity contribution in [3.05, 3.63) is 53.1 Å². The Kier molecular flexibility index (Phi) is 6.01. The van der Waals surface area contributed by atoms with Crippen LogP contribution in [0.15, 0.2) is 36.4 Å². The van der Waals surface area contributed by atoms with Crippen LogP contribution in [0.3, 0.4) is 0 Å². The molecular weight excluding hydrogens is 330 g/mol. The molecule has 0 bridgehead atoms. The molecule has 5 nitrogen and oxygen atoms in total. The Bertz CT molecular complexity index is 747. The zero-order valence-electron chi connectivity index (χ0n) is 15.7. The molecule has 1 aliphatic rings. The maximum absolute atomic E-state index is 10.4. The van der Waals surface area contributed by atoms with Crippen LogP contribution in [0.2, 0.25) is 0 Å². The van der Waals surface area contributed by atoms with E-state index in [1.807, 2.05) is 37.3 Å². The summed E-state index contributed by atoms with van der Waals surface area (Å²) < 4.78 is 16.5. The summed E-state index contributed by atoms with van der Waals surface area (Å²) in [6.45, 7) is 4.59. The summed E-state index contributed by atoms with van der Waals surface area (Å²) in [5.41, 5.74) is 3.65. The van der Waals surface area contributed by atoms with Crippen molar-refractivity contribution in [2.75, 3.05) is 33.9 Å². The Morgan fingerprint density at radius 3 is 2.50 bits per heavy atom. The highest BCUT2D eigenvalue weighted by Crippen LogP contribution is 2.33. The maximum Gasteiger partial charge on any atom is 0.161 e. The van der Waals surface area contributed by atoms with Crippen molar-refractivity contribution in [1.82, 2.24) is 4.90 Å². The van der Waals surface area contributed by atoms with Gasteiger partial charge in [-0.05, 0) is 54.3 Å². The molecule has 1 unspecified atom stereocenters. The molecule has 0 saturated heterocycles. The molecular formula is C21H27NO4. The molecule has 1 heterocycles. The van der Waals surface area contributed by atoms with E-state index in [0.717, 1.165) is 42.3 Å². The number of aliphatic hydroxyl groups excluding tert-OH is 1. The number of β-amino-alcohol motifs (C(OH)–C–C–N with tert-alkyl or cyclic N) is 1. The summed E-state index contributed by atoms with van der Waals surface area (Å²) in [7, 11) is 3.31. The summed E-state index contributed by atoms with van der Waals surface area (Å²) in [5, 5.41) is 10.4. The van der Waals surface area contributed by atoms with Crippen LogP contribution in [-0.4, -0.2) is 50.0 Å². The summed E-state index contributed by atoms with van der Waals surface area (Å²) in [6, 6.07) is 12.0. The third-order valence-electron chi connectivity index (χ3n) is 4.70. The van der Waals surface area contributed by atoms with Crippen LogP contribution in [0, 0.1) is 6.92 Å². The van der Waals surface area contributed by atoms with Gasteiger partial charge < -0.3 is 19.3 Å². The van der Waals surface area contributed by atoms with Crippen LogP contribution >= 0.6 is 0 Å². The quantitative estimate of drug-likeness (QED) is 0.826. The van der Waals surface area contributed by atoms with Gasteiger partial charge in [0.15, 0.2) is 11.5 Å². The number of methoxy groups -OCH3 is 2. The number of rotatable bonds is 7. The van der Waals surface area contributed by atoms with Crippen LogP contribution in [0.1, 0.15) is 16.7 Å². The molecule has 0 saturated carbocycles. The molecule has 0 aliphatic carbocycles. The monoisotopic (exact) mass is 357 g/mol. The second-order valence-corrected chi connectivity index (χ2v) is 6.74. The molecule has 0 spiro atoms. The van der Waals surface area contributed by atoms with Crippen molar-refractivity contribution in [3.8, 4) is 17.2 Å². The number of hydrogen-bond acceptors (Lipinski definition) is 5. The lowest BCUT2D eigenvalue weighted by atomic mass is 9.98. The van der Waals surface area contributed by atoms with Gasteiger partial charge in [-0.3, -0.25) is 4.90 Å². The minimum atomic E-state index is -0.530. The third-order valence-corrected chi connectivity index (χ3v) is 4.70. The number of hydrogen-bond donors (Lipinski definition) is 1. The molecule has 1 N–H and O–H groups in total. The first kappa shape index (κ1) is 18.5. The average Bonchev–Trinajstić information content (AvgIpc) is 2.65. The van der Waals surface area contributed by atoms with Gasteiger partial charge in [0.25, 0.3) is 0 Å². The van der Waals surface area contributed by atoms with Crippen LogP contribution in [-0.2, 0) is 13.0 Å². The largest absolute Gasteiger partial charge is 0.493 e. The van der Waals surface area contributed by atoms with E-state index < -0.39 is 6.10 Å². The Balaban J connectivity index is 1.56. The number of nitrogens with zero attached hydrogens (tertiary/aromatic N) is 1. The zero-order chi connectivity index (χ0) is 18.5. The van der Waals surface area contributed by atoms with Crippen molar-refractivity contribution in [1.29, 1.82) is 0 Å². The SMILES string of the molecule is COc1cc2c(cc1OC)CN(CC(O)COc1cccc(C)c1)CC2. The van der Waals surface area contributed by atoms with Gasteiger partial charge in [-0.25, -0.2) is 0 Å². The molecule has 26 heavy (non-hydrogen) atoms. The molecule has 3 rings (SSSR count). The van der Waals surface area contributed by atoms with Crippen LogP contribution < -0.4 is 14.2 Å². The van der Waals surface area contributed by atoms with Crippen molar-refractivity contribution in [2.45, 2.75) is 26.0 Å². The molecule has 0 amide bonds. The van der Waals surface area contributed by atoms with E-state index in [1.54, 1.807) is 14.2 Å². The van der Waals surface area contributed by atoms with Crippen LogP contribution in [0.5, 0.6) is 17.2 Å². The highest BCUT2D eigenvalue weighted by molar-refractivity contribution is 5.48. The molecule has 2 aromatic carbocycles. The smallest absolute Gasteiger partial charge is 0.161 e. The lowest BCUT2D eigenvalue weighted by Crippen LogP contribution is -2.38. The lowest BCUT2D eigenvalue weighted by molar-refractivity contribution is 0.0637. The number of aliphatic hydroxyl groups is 1. The molecule has 0 fully saturated rings. The van der Waals surface area contributed by atoms with E-state index in [9.17, 15) is 5.11 Å². The molecule has 140 valence electrons. The van der Waals surface area contributed by atoms with Crippen LogP contribution in [0.4, 0.5) is 0 Å². The Morgan fingerprint density at radius 1 is 1.08 bits per heavy atom. The number of ether oxygens (including phenoxy) is 3. The van der Waals surface area contributed by atoms with E-state index in [-0.39, 0.29) is 0 Å². The van der Waals surface area contributed by atoms with Crippen molar-refractivity contribution in [2.24, 2.45) is 0 Å². The minimum absolute atomic E-state index is 0.290. The summed E-state index contributed by atoms with van der Waals surface area (Å²) in [4.78, 5) is 2.25. The summed E-state index contributed by atoms with van der Waals surface area (Å²) in [6.07, 6.45) is 0.401. The van der Waals surface area contributed by atoms with E-state index in [0.29, 0.717) is 13.2 Å². The number of fused-ring (bicyclic) bond motifs is 1. The fraction of sp³-hybridized carbons (Fsp3) is 0.429. The van der Waals surface area contributed by atoms with E-state index in [4.69, 9.17) is 14.2 Å². The zero-order valence-corrected chi connectivity index (χ0v) is 15.7. The first-order valence-electron chi connectivity index (χ1n) is 8.92. The molecule has 5 heteroatoms.